The Balaban J connectivity index is 2.26. The van der Waals surface area contributed by atoms with Crippen LogP contribution in [0.4, 0.5) is 0 Å². The molecule has 1 atom stereocenters. The lowest BCUT2D eigenvalue weighted by Crippen LogP contribution is -2.43. The standard InChI is InChI=1S/C10H10N4O4/c15-5-7(10(17)18)13-9(16)6-3-12-14-2-1-11-4-8(6)14/h1-4,7,15H,5H2,(H,13,16)(H,17,18)/t7-/m1/s1. The van der Waals surface area contributed by atoms with Crippen LogP contribution in [0.1, 0.15) is 10.4 Å². The average molecular weight is 250 g/mol. The smallest absolute Gasteiger partial charge is 0.328 e. The Bertz CT molecular complexity index is 594. The molecule has 1 amide bonds. The molecular weight excluding hydrogens is 240 g/mol. The third-order valence-electron chi connectivity index (χ3n) is 2.36. The van der Waals surface area contributed by atoms with Crippen LogP contribution in [0, 0.1) is 0 Å². The van der Waals surface area contributed by atoms with Gasteiger partial charge in [-0.3, -0.25) is 9.78 Å². The van der Waals surface area contributed by atoms with Gasteiger partial charge in [0.05, 0.1) is 30.1 Å². The monoisotopic (exact) mass is 250 g/mol. The number of carboxylic acid groups (broad SMARTS) is 1. The van der Waals surface area contributed by atoms with Crippen molar-refractivity contribution in [3.63, 3.8) is 0 Å². The predicted molar refractivity (Wildman–Crippen MR) is 59.0 cm³/mol. The highest BCUT2D eigenvalue weighted by molar-refractivity contribution is 6.02. The van der Waals surface area contributed by atoms with E-state index in [4.69, 9.17) is 10.2 Å². The fraction of sp³-hybridized carbons (Fsp3) is 0.200. The summed E-state index contributed by atoms with van der Waals surface area (Å²) >= 11 is 0. The minimum atomic E-state index is -1.34. The lowest BCUT2D eigenvalue weighted by molar-refractivity contribution is -0.140. The van der Waals surface area contributed by atoms with Gasteiger partial charge in [-0.05, 0) is 0 Å². The van der Waals surface area contributed by atoms with Gasteiger partial charge in [0.2, 0.25) is 0 Å². The van der Waals surface area contributed by atoms with Gasteiger partial charge in [-0.2, -0.15) is 5.10 Å². The number of nitrogens with one attached hydrogen (secondary N) is 1. The number of carbonyl (C=O) groups excluding carboxylic acids is 1. The maximum Gasteiger partial charge on any atom is 0.328 e. The van der Waals surface area contributed by atoms with Crippen molar-refractivity contribution in [1.29, 1.82) is 0 Å². The molecule has 0 aliphatic rings. The van der Waals surface area contributed by atoms with Crippen LogP contribution < -0.4 is 5.32 Å². The lowest BCUT2D eigenvalue weighted by atomic mass is 10.2. The van der Waals surface area contributed by atoms with E-state index in [0.717, 1.165) is 0 Å². The van der Waals surface area contributed by atoms with Crippen molar-refractivity contribution in [1.82, 2.24) is 19.9 Å². The molecule has 94 valence electrons. The molecule has 2 aromatic rings. The number of carbonyl (C=O) groups is 2. The van der Waals surface area contributed by atoms with Crippen LogP contribution in [0.5, 0.6) is 0 Å². The maximum atomic E-state index is 11.8. The van der Waals surface area contributed by atoms with Crippen LogP contribution in [0.25, 0.3) is 5.52 Å². The van der Waals surface area contributed by atoms with Gasteiger partial charge in [0.1, 0.15) is 0 Å². The van der Waals surface area contributed by atoms with E-state index in [1.54, 1.807) is 6.20 Å². The van der Waals surface area contributed by atoms with Crippen molar-refractivity contribution < 1.29 is 19.8 Å². The van der Waals surface area contributed by atoms with E-state index < -0.39 is 24.5 Å². The molecule has 0 fully saturated rings. The molecule has 2 aromatic heterocycles. The zero-order chi connectivity index (χ0) is 13.1. The summed E-state index contributed by atoms with van der Waals surface area (Å²) in [5.74, 6) is -1.93. The van der Waals surface area contributed by atoms with Gasteiger partial charge in [0.25, 0.3) is 5.91 Å². The summed E-state index contributed by atoms with van der Waals surface area (Å²) in [6.07, 6.45) is 5.82. The summed E-state index contributed by atoms with van der Waals surface area (Å²) in [5.41, 5.74) is 0.653. The van der Waals surface area contributed by atoms with Crippen LogP contribution >= 0.6 is 0 Å². The van der Waals surface area contributed by atoms with E-state index in [-0.39, 0.29) is 5.56 Å². The Morgan fingerprint density at radius 2 is 2.22 bits per heavy atom. The molecule has 18 heavy (non-hydrogen) atoms. The fourth-order valence-corrected chi connectivity index (χ4v) is 1.43. The number of carboxylic acids is 1. The Kier molecular flexibility index (Phi) is 3.20. The molecule has 0 aliphatic heterocycles. The Morgan fingerprint density at radius 3 is 2.89 bits per heavy atom. The largest absolute Gasteiger partial charge is 0.480 e. The highest BCUT2D eigenvalue weighted by Crippen LogP contribution is 2.08. The second-order valence-corrected chi connectivity index (χ2v) is 3.51. The zero-order valence-corrected chi connectivity index (χ0v) is 9.15. The summed E-state index contributed by atoms with van der Waals surface area (Å²) < 4.78 is 1.44. The Hall–Kier alpha value is -2.48. The molecular formula is C10H10N4O4. The maximum absolute atomic E-state index is 11.8. The number of amides is 1. The molecule has 0 unspecified atom stereocenters. The van der Waals surface area contributed by atoms with E-state index in [9.17, 15) is 9.59 Å². The first-order valence-electron chi connectivity index (χ1n) is 5.05. The molecule has 2 heterocycles. The van der Waals surface area contributed by atoms with Crippen molar-refractivity contribution >= 4 is 17.4 Å². The van der Waals surface area contributed by atoms with E-state index in [2.05, 4.69) is 15.4 Å². The number of fused-ring (bicyclic) bond motifs is 1. The summed E-state index contributed by atoms with van der Waals surface area (Å²) in [6.45, 7) is -0.682. The van der Waals surface area contributed by atoms with Gasteiger partial charge >= 0.3 is 5.97 Å². The van der Waals surface area contributed by atoms with Crippen LogP contribution in [0.15, 0.2) is 24.8 Å². The van der Waals surface area contributed by atoms with E-state index in [1.807, 2.05) is 0 Å². The molecule has 0 aromatic carbocycles. The average Bonchev–Trinajstić information content (AvgIpc) is 2.79. The number of rotatable bonds is 4. The summed E-state index contributed by atoms with van der Waals surface area (Å²) in [7, 11) is 0. The number of nitrogens with zero attached hydrogens (tertiary/aromatic N) is 3. The Labute approximate surface area is 101 Å². The summed E-state index contributed by atoms with van der Waals surface area (Å²) in [5, 5.41) is 23.7. The van der Waals surface area contributed by atoms with Crippen molar-refractivity contribution in [3.8, 4) is 0 Å². The van der Waals surface area contributed by atoms with Crippen molar-refractivity contribution in [2.75, 3.05) is 6.61 Å². The quantitative estimate of drug-likeness (QED) is 0.634. The normalized spacial score (nSPS) is 12.3. The minimum Gasteiger partial charge on any atom is -0.480 e. The number of aliphatic carboxylic acids is 1. The number of aliphatic hydroxyl groups is 1. The number of hydrogen-bond donors (Lipinski definition) is 3. The third-order valence-corrected chi connectivity index (χ3v) is 2.36. The molecule has 0 saturated carbocycles. The first-order valence-corrected chi connectivity index (χ1v) is 5.05. The molecule has 8 heteroatoms. The second kappa shape index (κ2) is 4.80. The molecule has 0 saturated heterocycles. The number of aliphatic hydroxyl groups excluding tert-OH is 1. The van der Waals surface area contributed by atoms with Crippen LogP contribution in [0.2, 0.25) is 0 Å². The van der Waals surface area contributed by atoms with Crippen molar-refractivity contribution in [2.45, 2.75) is 6.04 Å². The highest BCUT2D eigenvalue weighted by Gasteiger charge is 2.21. The van der Waals surface area contributed by atoms with E-state index in [1.165, 1.54) is 23.1 Å². The molecule has 8 nitrogen and oxygen atoms in total. The van der Waals surface area contributed by atoms with Crippen LogP contribution in [-0.2, 0) is 4.79 Å². The van der Waals surface area contributed by atoms with E-state index in [0.29, 0.717) is 5.52 Å². The predicted octanol–water partition coefficient (Wildman–Crippen LogP) is -1.10. The van der Waals surface area contributed by atoms with Gasteiger partial charge < -0.3 is 15.5 Å². The topological polar surface area (TPSA) is 117 Å². The lowest BCUT2D eigenvalue weighted by Gasteiger charge is -2.10. The second-order valence-electron chi connectivity index (χ2n) is 3.51. The molecule has 0 aliphatic carbocycles. The first kappa shape index (κ1) is 12.0. The molecule has 2 rings (SSSR count). The van der Waals surface area contributed by atoms with Gasteiger partial charge in [-0.1, -0.05) is 0 Å². The summed E-state index contributed by atoms with van der Waals surface area (Å²) in [6, 6.07) is -1.34. The zero-order valence-electron chi connectivity index (χ0n) is 9.15. The van der Waals surface area contributed by atoms with Gasteiger partial charge in [-0.25, -0.2) is 9.31 Å². The molecule has 3 N–H and O–H groups in total. The first-order chi connectivity index (χ1) is 8.63. The SMILES string of the molecule is O=C(N[C@H](CO)C(=O)O)c1cnn2ccncc12. The minimum absolute atomic E-state index is 0.197. The molecule has 0 bridgehead atoms. The Morgan fingerprint density at radius 1 is 1.44 bits per heavy atom. The number of aromatic nitrogens is 3. The van der Waals surface area contributed by atoms with Gasteiger partial charge in [0, 0.05) is 12.4 Å². The highest BCUT2D eigenvalue weighted by atomic mass is 16.4. The van der Waals surface area contributed by atoms with Crippen molar-refractivity contribution in [3.05, 3.63) is 30.4 Å². The molecule has 0 radical (unpaired) electrons. The summed E-state index contributed by atoms with van der Waals surface area (Å²) in [4.78, 5) is 26.4. The van der Waals surface area contributed by atoms with Crippen LogP contribution in [0.3, 0.4) is 0 Å². The van der Waals surface area contributed by atoms with Crippen molar-refractivity contribution in [2.24, 2.45) is 0 Å². The van der Waals surface area contributed by atoms with Crippen LogP contribution in [-0.4, -0.2) is 49.3 Å². The van der Waals surface area contributed by atoms with Gasteiger partial charge in [-0.15, -0.1) is 0 Å². The fourth-order valence-electron chi connectivity index (χ4n) is 1.43. The van der Waals surface area contributed by atoms with Gasteiger partial charge in [0.15, 0.2) is 6.04 Å². The van der Waals surface area contributed by atoms with E-state index >= 15 is 0 Å². The number of hydrogen-bond acceptors (Lipinski definition) is 5. The molecule has 0 spiro atoms. The third kappa shape index (κ3) is 2.13.